The first kappa shape index (κ1) is 18.6. The van der Waals surface area contributed by atoms with Gasteiger partial charge in [-0.25, -0.2) is 4.79 Å². The van der Waals surface area contributed by atoms with Gasteiger partial charge in [0.1, 0.15) is 11.8 Å². The maximum atomic E-state index is 13.8. The summed E-state index contributed by atoms with van der Waals surface area (Å²) in [5.41, 5.74) is 5.74. The molecule has 0 saturated heterocycles. The fraction of sp³-hybridized carbons (Fsp3) is 0.462. The topological polar surface area (TPSA) is 72.5 Å². The van der Waals surface area contributed by atoms with Gasteiger partial charge in [-0.2, -0.15) is 8.78 Å². The molecule has 1 aromatic rings. The number of phenolic OH excluding ortho intramolecular Hbond substituents is 1. The normalized spacial score (nSPS) is 12.4. The Hall–Kier alpha value is -1.40. The Morgan fingerprint density at radius 1 is 1.45 bits per heavy atom. The molecule has 0 aliphatic heterocycles. The molecular weight excluding hydrogens is 292 g/mol. The van der Waals surface area contributed by atoms with Gasteiger partial charge < -0.3 is 15.6 Å². The third-order valence-electron chi connectivity index (χ3n) is 2.80. The van der Waals surface area contributed by atoms with Crippen molar-refractivity contribution in [3.63, 3.8) is 0 Å². The number of esters is 1. The molecule has 0 bridgehead atoms. The molecule has 0 unspecified atom stereocenters. The highest BCUT2D eigenvalue weighted by molar-refractivity contribution is 5.85. The molecule has 4 nitrogen and oxygen atoms in total. The summed E-state index contributed by atoms with van der Waals surface area (Å²) in [6, 6.07) is 2.44. The van der Waals surface area contributed by atoms with Gasteiger partial charge >= 0.3 is 11.9 Å². The first-order valence-corrected chi connectivity index (χ1v) is 5.97. The van der Waals surface area contributed by atoms with Crippen LogP contribution in [0.25, 0.3) is 0 Å². The number of halogens is 3. The second-order valence-corrected chi connectivity index (χ2v) is 4.03. The summed E-state index contributed by atoms with van der Waals surface area (Å²) in [5, 5.41) is 9.87. The van der Waals surface area contributed by atoms with Gasteiger partial charge in [0, 0.05) is 5.56 Å². The van der Waals surface area contributed by atoms with Crippen LogP contribution >= 0.6 is 12.4 Å². The largest absolute Gasteiger partial charge is 0.507 e. The second kappa shape index (κ2) is 7.40. The molecule has 114 valence electrons. The van der Waals surface area contributed by atoms with Crippen molar-refractivity contribution >= 4 is 18.4 Å². The van der Waals surface area contributed by atoms with Crippen LogP contribution in [0.2, 0.25) is 0 Å². The molecule has 0 aliphatic rings. The van der Waals surface area contributed by atoms with E-state index in [1.54, 1.807) is 13.0 Å². The van der Waals surface area contributed by atoms with Gasteiger partial charge in [0.25, 0.3) is 0 Å². The number of aromatic hydroxyl groups is 1. The number of ether oxygens (including phenoxy) is 1. The summed E-state index contributed by atoms with van der Waals surface area (Å²) < 4.78 is 31.9. The number of alkyl halides is 2. The lowest BCUT2D eigenvalue weighted by Crippen LogP contribution is -2.41. The van der Waals surface area contributed by atoms with Crippen LogP contribution in [0.3, 0.4) is 0 Å². The van der Waals surface area contributed by atoms with E-state index in [0.717, 1.165) is 0 Å². The number of carbonyl (C=O) groups is 1. The van der Waals surface area contributed by atoms with Crippen LogP contribution in [0.15, 0.2) is 18.2 Å². The lowest BCUT2D eigenvalue weighted by Gasteiger charge is -2.23. The quantitative estimate of drug-likeness (QED) is 0.820. The van der Waals surface area contributed by atoms with Crippen molar-refractivity contribution in [2.24, 2.45) is 5.73 Å². The third-order valence-corrected chi connectivity index (χ3v) is 2.80. The Kier molecular flexibility index (Phi) is 6.88. The predicted octanol–water partition coefficient (Wildman–Crippen LogP) is 2.57. The number of rotatable bonds is 5. The van der Waals surface area contributed by atoms with Crippen molar-refractivity contribution < 1.29 is 23.4 Å². The summed E-state index contributed by atoms with van der Waals surface area (Å²) >= 11 is 0. The Labute approximate surface area is 122 Å². The van der Waals surface area contributed by atoms with Crippen LogP contribution in [0.5, 0.6) is 5.75 Å². The molecule has 0 heterocycles. The standard InChI is InChI=1S/C13H17F2NO3.ClH/c1-3-8-6-5-7-9(10(8)17)11(16)13(14,15)12(18)19-4-2;/h5-7,11,17H,3-4,16H2,1-2H3;1H/t11-;/m0./s1. The van der Waals surface area contributed by atoms with Gasteiger partial charge in [-0.05, 0) is 18.9 Å². The minimum Gasteiger partial charge on any atom is -0.507 e. The number of aryl methyl sites for hydroxylation is 1. The molecule has 0 aliphatic carbocycles. The smallest absolute Gasteiger partial charge is 0.379 e. The zero-order valence-corrected chi connectivity index (χ0v) is 12.0. The fourth-order valence-corrected chi connectivity index (χ4v) is 1.70. The highest BCUT2D eigenvalue weighted by Gasteiger charge is 2.48. The Balaban J connectivity index is 0.00000361. The average Bonchev–Trinajstić information content (AvgIpc) is 2.38. The molecule has 0 amide bonds. The van der Waals surface area contributed by atoms with Gasteiger partial charge in [-0.1, -0.05) is 25.1 Å². The third kappa shape index (κ3) is 3.58. The van der Waals surface area contributed by atoms with Crippen LogP contribution < -0.4 is 5.73 Å². The number of carbonyl (C=O) groups excluding carboxylic acids is 1. The van der Waals surface area contributed by atoms with Crippen molar-refractivity contribution in [1.82, 2.24) is 0 Å². The highest BCUT2D eigenvalue weighted by atomic mass is 35.5. The monoisotopic (exact) mass is 309 g/mol. The van der Waals surface area contributed by atoms with Gasteiger partial charge in [0.15, 0.2) is 0 Å². The maximum absolute atomic E-state index is 13.8. The molecule has 7 heteroatoms. The Morgan fingerprint density at radius 3 is 2.55 bits per heavy atom. The summed E-state index contributed by atoms with van der Waals surface area (Å²) in [5.74, 6) is -5.88. The molecule has 1 rings (SSSR count). The first-order chi connectivity index (χ1) is 8.86. The molecule has 3 N–H and O–H groups in total. The predicted molar refractivity (Wildman–Crippen MR) is 73.2 cm³/mol. The SMILES string of the molecule is CCOC(=O)C(F)(F)[C@@H](N)c1cccc(CC)c1O.Cl. The van der Waals surface area contributed by atoms with Crippen LogP contribution in [0.4, 0.5) is 8.78 Å². The maximum Gasteiger partial charge on any atom is 0.379 e. The second-order valence-electron chi connectivity index (χ2n) is 4.03. The number of phenols is 1. The minimum absolute atomic E-state index is 0. The van der Waals surface area contributed by atoms with Gasteiger partial charge in [-0.15, -0.1) is 12.4 Å². The lowest BCUT2D eigenvalue weighted by molar-refractivity contribution is -0.174. The molecule has 0 saturated carbocycles. The van der Waals surface area contributed by atoms with E-state index in [4.69, 9.17) is 5.73 Å². The van der Waals surface area contributed by atoms with E-state index in [-0.39, 0.29) is 30.3 Å². The van der Waals surface area contributed by atoms with Gasteiger partial charge in [0.05, 0.1) is 6.61 Å². The molecular formula is C13H18ClF2NO3. The summed E-state index contributed by atoms with van der Waals surface area (Å²) in [7, 11) is 0. The van der Waals surface area contributed by atoms with E-state index in [1.807, 2.05) is 0 Å². The molecule has 20 heavy (non-hydrogen) atoms. The van der Waals surface area contributed by atoms with E-state index in [1.165, 1.54) is 19.1 Å². The lowest BCUT2D eigenvalue weighted by atomic mass is 9.97. The van der Waals surface area contributed by atoms with E-state index < -0.39 is 17.9 Å². The molecule has 0 radical (unpaired) electrons. The average molecular weight is 310 g/mol. The van der Waals surface area contributed by atoms with E-state index in [9.17, 15) is 18.7 Å². The molecule has 1 atom stereocenters. The van der Waals surface area contributed by atoms with Crippen molar-refractivity contribution in [3.8, 4) is 5.75 Å². The van der Waals surface area contributed by atoms with Gasteiger partial charge in [0.2, 0.25) is 0 Å². The fourth-order valence-electron chi connectivity index (χ4n) is 1.70. The van der Waals surface area contributed by atoms with Gasteiger partial charge in [-0.3, -0.25) is 0 Å². The van der Waals surface area contributed by atoms with Crippen molar-refractivity contribution in [2.75, 3.05) is 6.61 Å². The molecule has 0 fully saturated rings. The molecule has 1 aromatic carbocycles. The van der Waals surface area contributed by atoms with Crippen molar-refractivity contribution in [2.45, 2.75) is 32.2 Å². The minimum atomic E-state index is -3.89. The number of nitrogens with two attached hydrogens (primary N) is 1. The number of benzene rings is 1. The number of hydrogen-bond acceptors (Lipinski definition) is 4. The van der Waals surface area contributed by atoms with Crippen LogP contribution in [0.1, 0.15) is 31.0 Å². The Bertz CT molecular complexity index is 469. The zero-order valence-electron chi connectivity index (χ0n) is 11.2. The summed E-state index contributed by atoms with van der Waals surface area (Å²) in [6.07, 6.45) is 0.470. The molecule has 0 aromatic heterocycles. The van der Waals surface area contributed by atoms with E-state index in [2.05, 4.69) is 4.74 Å². The van der Waals surface area contributed by atoms with Crippen molar-refractivity contribution in [3.05, 3.63) is 29.3 Å². The van der Waals surface area contributed by atoms with Crippen LogP contribution in [-0.4, -0.2) is 23.6 Å². The Morgan fingerprint density at radius 2 is 2.05 bits per heavy atom. The first-order valence-electron chi connectivity index (χ1n) is 5.97. The van der Waals surface area contributed by atoms with Crippen LogP contribution in [-0.2, 0) is 16.0 Å². The van der Waals surface area contributed by atoms with E-state index in [0.29, 0.717) is 12.0 Å². The molecule has 0 spiro atoms. The number of hydrogen-bond donors (Lipinski definition) is 2. The zero-order chi connectivity index (χ0) is 14.6. The van der Waals surface area contributed by atoms with E-state index >= 15 is 0 Å². The summed E-state index contributed by atoms with van der Waals surface area (Å²) in [4.78, 5) is 11.2. The highest BCUT2D eigenvalue weighted by Crippen LogP contribution is 2.36. The summed E-state index contributed by atoms with van der Waals surface area (Å²) in [6.45, 7) is 3.03. The van der Waals surface area contributed by atoms with Crippen LogP contribution in [0, 0.1) is 0 Å². The van der Waals surface area contributed by atoms with Crippen molar-refractivity contribution in [1.29, 1.82) is 0 Å². The number of para-hydroxylation sites is 1.